The van der Waals surface area contributed by atoms with Crippen LogP contribution in [-0.4, -0.2) is 291 Å². The molecule has 6 aliphatic rings. The number of ether oxygens (including phenoxy) is 12. The van der Waals surface area contributed by atoms with Crippen molar-refractivity contribution in [2.75, 3.05) is 13.2 Å². The van der Waals surface area contributed by atoms with Gasteiger partial charge >= 0.3 is 5.97 Å². The highest BCUT2D eigenvalue weighted by molar-refractivity contribution is 5.66. The molecule has 0 unspecified atom stereocenters. The van der Waals surface area contributed by atoms with E-state index in [1.165, 1.54) is 27.7 Å². The zero-order valence-electron chi connectivity index (χ0n) is 45.1. The maximum absolute atomic E-state index is 12.4. The van der Waals surface area contributed by atoms with Crippen molar-refractivity contribution < 1.29 is 143 Å². The third-order valence-corrected chi connectivity index (χ3v) is 15.6. The minimum absolute atomic E-state index is 0.128. The van der Waals surface area contributed by atoms with Crippen molar-refractivity contribution >= 4 is 5.97 Å². The van der Waals surface area contributed by atoms with E-state index in [2.05, 4.69) is 0 Å². The first-order valence-corrected chi connectivity index (χ1v) is 27.6. The summed E-state index contributed by atoms with van der Waals surface area (Å²) in [5.41, 5.74) is 0. The molecule has 462 valence electrons. The normalized spacial score (nSPS) is 47.4. The number of carboxylic acids is 1. The number of hydrogen-bond acceptors (Lipinski definition) is 28. The van der Waals surface area contributed by atoms with Gasteiger partial charge in [-0.15, -0.1) is 0 Å². The summed E-state index contributed by atoms with van der Waals surface area (Å²) in [6.07, 6.45) is -44.8. The summed E-state index contributed by atoms with van der Waals surface area (Å²) in [5, 5.41) is 174. The summed E-state index contributed by atoms with van der Waals surface area (Å²) < 4.78 is 72.7. The SMILES string of the molecule is CCC[C@@H](CCCCCCCCCC(=O)O)O[C@@H]1O[C@H](C)[C@@H](O)[C@H](O)[C@H]1O[C@@H]1O[C@H](CO)[C@@H](O)[C@H](O)[C@H]1O[C@@H]1O[C@@H](C)[C@H](O[C@@H]2O[C@H](C)[C@H](O)[C@H](O)[C@H]2O)[C@@H](O[C@@H]2O[C@H](CO)[C@@H](O)[C@H](O)[C@H]2O[C@@H]2O[C@H](C)[C@@H](O)[C@H](O)[C@H]2O)[C@H]1O. The van der Waals surface area contributed by atoms with Gasteiger partial charge in [-0.1, -0.05) is 51.9 Å². The summed E-state index contributed by atoms with van der Waals surface area (Å²) in [4.78, 5) is 10.8. The maximum Gasteiger partial charge on any atom is 0.303 e. The molecule has 6 heterocycles. The van der Waals surface area contributed by atoms with E-state index < -0.39 is 210 Å². The summed E-state index contributed by atoms with van der Waals surface area (Å²) in [6.45, 7) is 5.70. The lowest BCUT2D eigenvalue weighted by atomic mass is 9.95. The lowest BCUT2D eigenvalue weighted by Gasteiger charge is -2.51. The molecule has 6 aliphatic heterocycles. The van der Waals surface area contributed by atoms with Crippen molar-refractivity contribution in [2.45, 2.75) is 296 Å². The van der Waals surface area contributed by atoms with Gasteiger partial charge in [0.25, 0.3) is 0 Å². The highest BCUT2D eigenvalue weighted by Gasteiger charge is 2.58. The molecule has 0 saturated carbocycles. The molecule has 16 N–H and O–H groups in total. The molecule has 6 fully saturated rings. The van der Waals surface area contributed by atoms with Crippen LogP contribution in [0.5, 0.6) is 0 Å². The van der Waals surface area contributed by atoms with Gasteiger partial charge in [0.1, 0.15) is 122 Å². The number of carboxylic acid groups (broad SMARTS) is 1. The van der Waals surface area contributed by atoms with Crippen molar-refractivity contribution in [3.05, 3.63) is 0 Å². The van der Waals surface area contributed by atoms with E-state index in [0.717, 1.165) is 38.5 Å². The van der Waals surface area contributed by atoms with Crippen LogP contribution < -0.4 is 0 Å². The molecular formula is C50H88O29. The Morgan fingerprint density at radius 1 is 0.380 bits per heavy atom. The smallest absolute Gasteiger partial charge is 0.303 e. The molecule has 0 aliphatic carbocycles. The van der Waals surface area contributed by atoms with E-state index in [-0.39, 0.29) is 6.42 Å². The fourth-order valence-electron chi connectivity index (χ4n) is 10.7. The molecular weight excluding hydrogens is 1060 g/mol. The van der Waals surface area contributed by atoms with E-state index in [0.29, 0.717) is 25.7 Å². The van der Waals surface area contributed by atoms with E-state index in [1.807, 2.05) is 6.92 Å². The fourth-order valence-corrected chi connectivity index (χ4v) is 10.7. The quantitative estimate of drug-likeness (QED) is 0.0360. The van der Waals surface area contributed by atoms with Crippen LogP contribution in [0.15, 0.2) is 0 Å². The minimum Gasteiger partial charge on any atom is -0.481 e. The second kappa shape index (κ2) is 30.5. The van der Waals surface area contributed by atoms with Crippen molar-refractivity contribution in [3.8, 4) is 0 Å². The number of unbranched alkanes of at least 4 members (excludes halogenated alkanes) is 6. The number of rotatable bonds is 26. The van der Waals surface area contributed by atoms with Crippen molar-refractivity contribution in [2.24, 2.45) is 0 Å². The second-order valence-corrected chi connectivity index (χ2v) is 21.6. The predicted molar refractivity (Wildman–Crippen MR) is 260 cm³/mol. The second-order valence-electron chi connectivity index (χ2n) is 21.6. The molecule has 0 aromatic rings. The minimum atomic E-state index is -2.20. The van der Waals surface area contributed by atoms with Gasteiger partial charge in [-0.2, -0.15) is 0 Å². The molecule has 29 heteroatoms. The number of aliphatic hydroxyl groups excluding tert-OH is 15. The molecule has 0 bridgehead atoms. The Hall–Kier alpha value is -1.61. The van der Waals surface area contributed by atoms with Gasteiger partial charge in [0.15, 0.2) is 37.7 Å². The van der Waals surface area contributed by atoms with Gasteiger partial charge in [-0.05, 0) is 47.0 Å². The molecule has 29 nitrogen and oxygen atoms in total. The summed E-state index contributed by atoms with van der Waals surface area (Å²) in [7, 11) is 0. The Labute approximate surface area is 457 Å². The molecule has 79 heavy (non-hydrogen) atoms. The highest BCUT2D eigenvalue weighted by Crippen LogP contribution is 2.39. The lowest BCUT2D eigenvalue weighted by Crippen LogP contribution is -2.69. The molecule has 31 atom stereocenters. The molecule has 0 amide bonds. The van der Waals surface area contributed by atoms with Crippen LogP contribution in [0.3, 0.4) is 0 Å². The fraction of sp³-hybridized carbons (Fsp3) is 0.980. The van der Waals surface area contributed by atoms with Gasteiger partial charge in [-0.3, -0.25) is 4.79 Å². The Kier molecular flexibility index (Phi) is 25.7. The number of hydrogen-bond donors (Lipinski definition) is 16. The van der Waals surface area contributed by atoms with Crippen molar-refractivity contribution in [3.63, 3.8) is 0 Å². The molecule has 6 saturated heterocycles. The Morgan fingerprint density at radius 3 is 1.22 bits per heavy atom. The van der Waals surface area contributed by atoms with Crippen molar-refractivity contribution in [1.82, 2.24) is 0 Å². The Balaban J connectivity index is 1.27. The maximum atomic E-state index is 12.4. The van der Waals surface area contributed by atoms with Gasteiger partial charge < -0.3 is 139 Å². The molecule has 6 rings (SSSR count). The lowest BCUT2D eigenvalue weighted by molar-refractivity contribution is -0.414. The number of carbonyl (C=O) groups is 1. The monoisotopic (exact) mass is 1150 g/mol. The largest absolute Gasteiger partial charge is 0.481 e. The predicted octanol–water partition coefficient (Wildman–Crippen LogP) is -5.20. The first-order chi connectivity index (χ1) is 37.4. The van der Waals surface area contributed by atoms with Crippen molar-refractivity contribution in [1.29, 1.82) is 0 Å². The number of aliphatic hydroxyl groups is 15. The molecule has 0 spiro atoms. The Bertz CT molecular complexity index is 1800. The van der Waals surface area contributed by atoms with Crippen LogP contribution in [0.1, 0.15) is 105 Å². The van der Waals surface area contributed by atoms with E-state index in [4.69, 9.17) is 61.9 Å². The van der Waals surface area contributed by atoms with Crippen LogP contribution in [0.4, 0.5) is 0 Å². The molecule has 0 radical (unpaired) electrons. The topological polar surface area (TPSA) is 452 Å². The van der Waals surface area contributed by atoms with Gasteiger partial charge in [0.05, 0.1) is 43.7 Å². The first-order valence-electron chi connectivity index (χ1n) is 27.6. The Morgan fingerprint density at radius 2 is 0.747 bits per heavy atom. The first kappa shape index (κ1) is 66.5. The number of aliphatic carboxylic acids is 1. The zero-order valence-corrected chi connectivity index (χ0v) is 45.1. The summed E-state index contributed by atoms with van der Waals surface area (Å²) >= 11 is 0. The summed E-state index contributed by atoms with van der Waals surface area (Å²) in [6, 6.07) is 0. The van der Waals surface area contributed by atoms with Gasteiger partial charge in [0.2, 0.25) is 0 Å². The average Bonchev–Trinajstić information content (AvgIpc) is 3.46. The molecule has 0 aromatic heterocycles. The highest BCUT2D eigenvalue weighted by atomic mass is 16.8. The average molecular weight is 1150 g/mol. The van der Waals surface area contributed by atoms with Gasteiger partial charge in [0, 0.05) is 6.42 Å². The third kappa shape index (κ3) is 16.2. The van der Waals surface area contributed by atoms with Crippen LogP contribution in [-0.2, 0) is 61.6 Å². The van der Waals surface area contributed by atoms with Crippen LogP contribution in [0.25, 0.3) is 0 Å². The summed E-state index contributed by atoms with van der Waals surface area (Å²) in [5.74, 6) is -0.825. The van der Waals surface area contributed by atoms with Crippen LogP contribution >= 0.6 is 0 Å². The van der Waals surface area contributed by atoms with E-state index >= 15 is 0 Å². The zero-order chi connectivity index (χ0) is 58.2. The van der Waals surface area contributed by atoms with Crippen LogP contribution in [0, 0.1) is 0 Å². The van der Waals surface area contributed by atoms with E-state index in [9.17, 15) is 81.4 Å². The standard InChI is InChI=1S/C50H88O29/c1-6-14-23(15-12-10-8-7-9-11-13-16-26(53)54)72-48-42(34(62)29(57)21(4)70-48)79-50-44(36(64)31(59)25(18-52)74-50)78-47-39(67)41(40(22(5)71-47)75-45-37(65)32(60)27(55)19(2)68-45)76-49-43(35(63)30(58)24(17-51)73-49)77-46-38(66)33(61)28(56)20(3)69-46/h19-25,27-52,55-67H,6-18H2,1-5H3,(H,53,54)/t19-,20-,21-,22+,23+,24-,25-,27+,28-,29-,30-,31-,32+,33+,34+,35+,36+,37-,38-,39-,40+,41+,42-,43-,44-,45+,46+,47+,48+,49+,50+/m1/s1. The van der Waals surface area contributed by atoms with Crippen LogP contribution in [0.2, 0.25) is 0 Å². The molecule has 0 aromatic carbocycles. The van der Waals surface area contributed by atoms with Gasteiger partial charge in [-0.25, -0.2) is 0 Å². The third-order valence-electron chi connectivity index (χ3n) is 15.6. The van der Waals surface area contributed by atoms with E-state index in [1.54, 1.807) is 0 Å².